The minimum absolute atomic E-state index is 0.330. The van der Waals surface area contributed by atoms with E-state index in [0.29, 0.717) is 17.9 Å². The smallest absolute Gasteiger partial charge is 0.232 e. The molecule has 0 saturated heterocycles. The highest BCUT2D eigenvalue weighted by atomic mass is 32.2. The summed E-state index contributed by atoms with van der Waals surface area (Å²) in [7, 11) is -3.81. The molecule has 0 saturated carbocycles. The molecular formula is C13H17N3O4S. The number of nitriles is 1. The maximum Gasteiger partial charge on any atom is 0.232 e. The second kappa shape index (κ2) is 7.61. The van der Waals surface area contributed by atoms with E-state index < -0.39 is 29.0 Å². The molecule has 7 nitrogen and oxygen atoms in total. The molecule has 0 unspecified atom stereocenters. The molecule has 0 aromatic heterocycles. The van der Waals surface area contributed by atoms with Gasteiger partial charge in [-0.3, -0.25) is 4.79 Å². The minimum Gasteiger partial charge on any atom is -0.494 e. The molecule has 0 aliphatic carbocycles. The Morgan fingerprint density at radius 1 is 1.48 bits per heavy atom. The fourth-order valence-electron chi connectivity index (χ4n) is 1.70. The van der Waals surface area contributed by atoms with E-state index in [1.165, 1.54) is 0 Å². The summed E-state index contributed by atoms with van der Waals surface area (Å²) < 4.78 is 30.5. The number of benzene rings is 1. The normalized spacial score (nSPS) is 11.1. The molecule has 21 heavy (non-hydrogen) atoms. The van der Waals surface area contributed by atoms with E-state index in [1.54, 1.807) is 30.3 Å². The van der Waals surface area contributed by atoms with Crippen LogP contribution in [0.2, 0.25) is 0 Å². The van der Waals surface area contributed by atoms with Gasteiger partial charge in [0.1, 0.15) is 12.3 Å². The SMILES string of the molecule is CCOc1cccc(CS(=O)(=O)N(CC#N)CC(N)=O)c1. The number of amides is 1. The van der Waals surface area contributed by atoms with Crippen molar-refractivity contribution in [2.24, 2.45) is 5.73 Å². The van der Waals surface area contributed by atoms with Gasteiger partial charge in [0.05, 0.1) is 25.0 Å². The van der Waals surface area contributed by atoms with Crippen LogP contribution in [0.25, 0.3) is 0 Å². The molecule has 8 heteroatoms. The lowest BCUT2D eigenvalue weighted by Crippen LogP contribution is -2.39. The van der Waals surface area contributed by atoms with Gasteiger partial charge < -0.3 is 10.5 Å². The third kappa shape index (κ3) is 5.41. The summed E-state index contributed by atoms with van der Waals surface area (Å²) in [6.07, 6.45) is 0. The first-order valence-electron chi connectivity index (χ1n) is 6.24. The number of nitrogens with zero attached hydrogens (tertiary/aromatic N) is 2. The topological polar surface area (TPSA) is 113 Å². The molecule has 0 aliphatic rings. The third-order valence-corrected chi connectivity index (χ3v) is 4.27. The third-order valence-electron chi connectivity index (χ3n) is 2.53. The first-order chi connectivity index (χ1) is 9.89. The van der Waals surface area contributed by atoms with Gasteiger partial charge in [-0.2, -0.15) is 9.57 Å². The highest BCUT2D eigenvalue weighted by molar-refractivity contribution is 7.88. The summed E-state index contributed by atoms with van der Waals surface area (Å²) in [5.74, 6) is -0.577. The Kier molecular flexibility index (Phi) is 6.14. The van der Waals surface area contributed by atoms with Crippen molar-refractivity contribution >= 4 is 15.9 Å². The number of carbonyl (C=O) groups is 1. The highest BCUT2D eigenvalue weighted by Crippen LogP contribution is 2.17. The zero-order valence-corrected chi connectivity index (χ0v) is 12.5. The molecule has 2 N–H and O–H groups in total. The Bertz CT molecular complexity index is 637. The lowest BCUT2D eigenvalue weighted by Gasteiger charge is -2.17. The largest absolute Gasteiger partial charge is 0.494 e. The van der Waals surface area contributed by atoms with Crippen LogP contribution in [0.3, 0.4) is 0 Å². The van der Waals surface area contributed by atoms with Gasteiger partial charge in [0, 0.05) is 0 Å². The molecule has 0 aliphatic heterocycles. The van der Waals surface area contributed by atoms with Crippen molar-refractivity contribution in [1.29, 1.82) is 5.26 Å². The Hall–Kier alpha value is -2.11. The van der Waals surface area contributed by atoms with Crippen molar-refractivity contribution in [2.75, 3.05) is 19.7 Å². The summed E-state index contributed by atoms with van der Waals surface area (Å²) in [5, 5.41) is 8.66. The molecule has 1 rings (SSSR count). The van der Waals surface area contributed by atoms with E-state index in [1.807, 2.05) is 6.92 Å². The average Bonchev–Trinajstić information content (AvgIpc) is 2.38. The molecule has 1 amide bonds. The molecule has 1 aromatic rings. The fraction of sp³-hybridized carbons (Fsp3) is 0.385. The fourth-order valence-corrected chi connectivity index (χ4v) is 3.06. The molecule has 0 heterocycles. The van der Waals surface area contributed by atoms with Gasteiger partial charge >= 0.3 is 0 Å². The van der Waals surface area contributed by atoms with Crippen LogP contribution in [0.5, 0.6) is 5.75 Å². The number of rotatable bonds is 8. The maximum absolute atomic E-state index is 12.2. The van der Waals surface area contributed by atoms with Crippen LogP contribution in [0.1, 0.15) is 12.5 Å². The molecule has 0 atom stereocenters. The lowest BCUT2D eigenvalue weighted by atomic mass is 10.2. The van der Waals surface area contributed by atoms with Crippen LogP contribution in [0.15, 0.2) is 24.3 Å². The highest BCUT2D eigenvalue weighted by Gasteiger charge is 2.24. The van der Waals surface area contributed by atoms with Gasteiger partial charge in [-0.1, -0.05) is 12.1 Å². The summed E-state index contributed by atoms with van der Waals surface area (Å²) in [4.78, 5) is 10.9. The van der Waals surface area contributed by atoms with E-state index in [0.717, 1.165) is 4.31 Å². The zero-order chi connectivity index (χ0) is 15.9. The molecule has 0 radical (unpaired) electrons. The zero-order valence-electron chi connectivity index (χ0n) is 11.7. The summed E-state index contributed by atoms with van der Waals surface area (Å²) >= 11 is 0. The number of nitrogens with two attached hydrogens (primary N) is 1. The van der Waals surface area contributed by atoms with Crippen LogP contribution in [0, 0.1) is 11.3 Å². The maximum atomic E-state index is 12.2. The predicted molar refractivity (Wildman–Crippen MR) is 76.6 cm³/mol. The van der Waals surface area contributed by atoms with Crippen LogP contribution in [-0.4, -0.2) is 38.3 Å². The Morgan fingerprint density at radius 2 is 2.19 bits per heavy atom. The van der Waals surface area contributed by atoms with Crippen molar-refractivity contribution < 1.29 is 17.9 Å². The van der Waals surface area contributed by atoms with E-state index in [-0.39, 0.29) is 5.75 Å². The van der Waals surface area contributed by atoms with E-state index in [9.17, 15) is 13.2 Å². The van der Waals surface area contributed by atoms with E-state index in [2.05, 4.69) is 0 Å². The Morgan fingerprint density at radius 3 is 2.76 bits per heavy atom. The van der Waals surface area contributed by atoms with Gasteiger partial charge in [-0.15, -0.1) is 0 Å². The number of sulfonamides is 1. The second-order valence-electron chi connectivity index (χ2n) is 4.23. The van der Waals surface area contributed by atoms with Crippen LogP contribution in [0.4, 0.5) is 0 Å². The Labute approximate surface area is 124 Å². The van der Waals surface area contributed by atoms with Gasteiger partial charge in [0.15, 0.2) is 0 Å². The van der Waals surface area contributed by atoms with Gasteiger partial charge in [-0.05, 0) is 24.6 Å². The number of primary amides is 1. The first-order valence-corrected chi connectivity index (χ1v) is 7.84. The standard InChI is InChI=1S/C13H17N3O4S/c1-2-20-12-5-3-4-11(8-12)10-21(18,19)16(7-6-14)9-13(15)17/h3-5,8H,2,7,9-10H2,1H3,(H2,15,17). The van der Waals surface area contributed by atoms with Crippen LogP contribution >= 0.6 is 0 Å². The predicted octanol–water partition coefficient (Wildman–Crippen LogP) is 0.226. The van der Waals surface area contributed by atoms with E-state index in [4.69, 9.17) is 15.7 Å². The van der Waals surface area contributed by atoms with Gasteiger partial charge in [-0.25, -0.2) is 8.42 Å². The van der Waals surface area contributed by atoms with Crippen molar-refractivity contribution in [3.63, 3.8) is 0 Å². The summed E-state index contributed by atoms with van der Waals surface area (Å²) in [6, 6.07) is 8.35. The number of hydrogen-bond acceptors (Lipinski definition) is 5. The molecule has 0 fully saturated rings. The van der Waals surface area contributed by atoms with Gasteiger partial charge in [0.2, 0.25) is 15.9 Å². The molecule has 1 aromatic carbocycles. The van der Waals surface area contributed by atoms with Crippen molar-refractivity contribution in [3.05, 3.63) is 29.8 Å². The van der Waals surface area contributed by atoms with Crippen LogP contribution in [-0.2, 0) is 20.6 Å². The molecule has 0 spiro atoms. The van der Waals surface area contributed by atoms with Crippen LogP contribution < -0.4 is 10.5 Å². The molecule has 0 bridgehead atoms. The van der Waals surface area contributed by atoms with Crippen molar-refractivity contribution in [3.8, 4) is 11.8 Å². The lowest BCUT2D eigenvalue weighted by molar-refractivity contribution is -0.118. The number of ether oxygens (including phenoxy) is 1. The summed E-state index contributed by atoms with van der Waals surface area (Å²) in [5.41, 5.74) is 5.51. The second-order valence-corrected chi connectivity index (χ2v) is 6.20. The monoisotopic (exact) mass is 311 g/mol. The molecular weight excluding hydrogens is 294 g/mol. The number of hydrogen-bond donors (Lipinski definition) is 1. The minimum atomic E-state index is -3.81. The quantitative estimate of drug-likeness (QED) is 0.690. The Balaban J connectivity index is 2.94. The average molecular weight is 311 g/mol. The first kappa shape index (κ1) is 16.9. The van der Waals surface area contributed by atoms with Crippen molar-refractivity contribution in [2.45, 2.75) is 12.7 Å². The van der Waals surface area contributed by atoms with Crippen molar-refractivity contribution in [1.82, 2.24) is 4.31 Å². The summed E-state index contributed by atoms with van der Waals surface area (Å²) in [6.45, 7) is 1.36. The number of carbonyl (C=O) groups excluding carboxylic acids is 1. The van der Waals surface area contributed by atoms with Gasteiger partial charge in [0.25, 0.3) is 0 Å². The van der Waals surface area contributed by atoms with E-state index >= 15 is 0 Å². The molecule has 114 valence electrons.